The van der Waals surface area contributed by atoms with E-state index in [-0.39, 0.29) is 6.54 Å². The van der Waals surface area contributed by atoms with Gasteiger partial charge in [0.25, 0.3) is 5.91 Å². The number of hydrogen-bond donors (Lipinski definition) is 2. The lowest BCUT2D eigenvalue weighted by molar-refractivity contribution is -0.137. The molecular formula is C24H23F3N4O. The van der Waals surface area contributed by atoms with Crippen LogP contribution in [0.2, 0.25) is 0 Å². The van der Waals surface area contributed by atoms with Crippen molar-refractivity contribution in [2.24, 2.45) is 0 Å². The fourth-order valence-electron chi connectivity index (χ4n) is 3.80. The van der Waals surface area contributed by atoms with Crippen LogP contribution in [-0.2, 0) is 12.7 Å². The number of nitrogen functional groups attached to an aromatic ring is 1. The molecule has 4 rings (SSSR count). The molecule has 1 amide bonds. The summed E-state index contributed by atoms with van der Waals surface area (Å²) in [6.07, 6.45) is -0.598. The minimum absolute atomic E-state index is 0.0208. The summed E-state index contributed by atoms with van der Waals surface area (Å²) in [5.41, 5.74) is 9.08. The highest BCUT2D eigenvalue weighted by atomic mass is 19.4. The molecule has 0 spiro atoms. The number of hydrogen-bond acceptors (Lipinski definition) is 4. The Balaban J connectivity index is 1.51. The Morgan fingerprint density at radius 3 is 2.59 bits per heavy atom. The molecule has 166 valence electrons. The summed E-state index contributed by atoms with van der Waals surface area (Å²) in [4.78, 5) is 19.3. The Bertz CT molecular complexity index is 1120. The van der Waals surface area contributed by atoms with Crippen LogP contribution in [0.1, 0.15) is 34.3 Å². The zero-order chi connectivity index (χ0) is 22.7. The van der Waals surface area contributed by atoms with Gasteiger partial charge in [0, 0.05) is 48.3 Å². The fraction of sp³-hybridized carbons (Fsp3) is 0.250. The number of nitrogens with one attached hydrogen (secondary N) is 1. The Morgan fingerprint density at radius 1 is 1.06 bits per heavy atom. The maximum atomic E-state index is 12.9. The summed E-state index contributed by atoms with van der Waals surface area (Å²) in [7, 11) is 0. The Labute approximate surface area is 184 Å². The molecule has 0 atom stereocenters. The van der Waals surface area contributed by atoms with Gasteiger partial charge >= 0.3 is 6.18 Å². The smallest absolute Gasteiger partial charge is 0.398 e. The molecule has 2 heterocycles. The lowest BCUT2D eigenvalue weighted by atomic mass is 10.1. The van der Waals surface area contributed by atoms with Gasteiger partial charge in [-0.15, -0.1) is 0 Å². The van der Waals surface area contributed by atoms with Crippen LogP contribution in [0, 0.1) is 0 Å². The van der Waals surface area contributed by atoms with Crippen molar-refractivity contribution in [3.05, 3.63) is 77.5 Å². The molecule has 0 unspecified atom stereocenters. The molecular weight excluding hydrogens is 417 g/mol. The lowest BCUT2D eigenvalue weighted by Gasteiger charge is -2.19. The number of benzene rings is 2. The largest absolute Gasteiger partial charge is 0.416 e. The van der Waals surface area contributed by atoms with Gasteiger partial charge < -0.3 is 16.0 Å². The number of aromatic nitrogens is 1. The van der Waals surface area contributed by atoms with E-state index in [2.05, 4.69) is 15.2 Å². The SMILES string of the molecule is Nc1ccc(N2CCCC2)cc1-c1cc(C(=O)NCc2cccc(C(F)(F)F)c2)ccn1. The highest BCUT2D eigenvalue weighted by molar-refractivity contribution is 5.95. The predicted octanol–water partition coefficient (Wildman–Crippen LogP) is 4.88. The zero-order valence-corrected chi connectivity index (χ0v) is 17.3. The van der Waals surface area contributed by atoms with Crippen molar-refractivity contribution in [2.75, 3.05) is 23.7 Å². The zero-order valence-electron chi connectivity index (χ0n) is 17.3. The van der Waals surface area contributed by atoms with Gasteiger partial charge in [0.15, 0.2) is 0 Å². The van der Waals surface area contributed by atoms with Gasteiger partial charge in [0.05, 0.1) is 11.3 Å². The monoisotopic (exact) mass is 440 g/mol. The predicted molar refractivity (Wildman–Crippen MR) is 118 cm³/mol. The maximum Gasteiger partial charge on any atom is 0.416 e. The Hall–Kier alpha value is -3.55. The van der Waals surface area contributed by atoms with Crippen LogP contribution in [0.4, 0.5) is 24.5 Å². The minimum Gasteiger partial charge on any atom is -0.398 e. The second-order valence-electron chi connectivity index (χ2n) is 7.78. The van der Waals surface area contributed by atoms with Crippen molar-refractivity contribution in [1.82, 2.24) is 10.3 Å². The normalized spacial score (nSPS) is 13.9. The first kappa shape index (κ1) is 21.7. The summed E-state index contributed by atoms with van der Waals surface area (Å²) in [6, 6.07) is 13.9. The first-order valence-electron chi connectivity index (χ1n) is 10.4. The average molecular weight is 440 g/mol. The number of alkyl halides is 3. The molecule has 1 aliphatic rings. The summed E-state index contributed by atoms with van der Waals surface area (Å²) in [6.45, 7) is 1.97. The minimum atomic E-state index is -4.43. The van der Waals surface area contributed by atoms with Crippen molar-refractivity contribution < 1.29 is 18.0 Å². The Morgan fingerprint density at radius 2 is 1.84 bits per heavy atom. The van der Waals surface area contributed by atoms with Gasteiger partial charge in [0.2, 0.25) is 0 Å². The van der Waals surface area contributed by atoms with Crippen molar-refractivity contribution in [3.8, 4) is 11.3 Å². The van der Waals surface area contributed by atoms with Gasteiger partial charge in [-0.05, 0) is 60.9 Å². The van der Waals surface area contributed by atoms with Gasteiger partial charge in [0.1, 0.15) is 0 Å². The number of nitrogens with two attached hydrogens (primary N) is 1. The van der Waals surface area contributed by atoms with Crippen LogP contribution < -0.4 is 16.0 Å². The first-order chi connectivity index (χ1) is 15.3. The van der Waals surface area contributed by atoms with Crippen LogP contribution in [0.3, 0.4) is 0 Å². The van der Waals surface area contributed by atoms with E-state index in [4.69, 9.17) is 5.73 Å². The second kappa shape index (κ2) is 8.90. The number of anilines is 2. The second-order valence-corrected chi connectivity index (χ2v) is 7.78. The van der Waals surface area contributed by atoms with Crippen LogP contribution in [0.25, 0.3) is 11.3 Å². The lowest BCUT2D eigenvalue weighted by Crippen LogP contribution is -2.23. The van der Waals surface area contributed by atoms with Gasteiger partial charge in [-0.25, -0.2) is 0 Å². The molecule has 2 aromatic carbocycles. The summed E-state index contributed by atoms with van der Waals surface area (Å²) >= 11 is 0. The number of halogens is 3. The molecule has 3 N–H and O–H groups in total. The molecule has 1 fully saturated rings. The van der Waals surface area contributed by atoms with E-state index in [1.807, 2.05) is 18.2 Å². The van der Waals surface area contributed by atoms with E-state index in [0.717, 1.165) is 49.3 Å². The van der Waals surface area contributed by atoms with Crippen molar-refractivity contribution in [3.63, 3.8) is 0 Å². The molecule has 32 heavy (non-hydrogen) atoms. The van der Waals surface area contributed by atoms with E-state index in [0.29, 0.717) is 22.5 Å². The van der Waals surface area contributed by atoms with Crippen LogP contribution in [-0.4, -0.2) is 24.0 Å². The summed E-state index contributed by atoms with van der Waals surface area (Å²) < 4.78 is 38.7. The van der Waals surface area contributed by atoms with Crippen LogP contribution in [0.5, 0.6) is 0 Å². The van der Waals surface area contributed by atoms with Gasteiger partial charge in [-0.2, -0.15) is 13.2 Å². The van der Waals surface area contributed by atoms with E-state index < -0.39 is 17.6 Å². The number of carbonyl (C=O) groups excluding carboxylic acids is 1. The summed E-state index contributed by atoms with van der Waals surface area (Å²) in [5, 5.41) is 2.67. The van der Waals surface area contributed by atoms with Crippen molar-refractivity contribution >= 4 is 17.3 Å². The molecule has 1 aromatic heterocycles. The summed E-state index contributed by atoms with van der Waals surface area (Å²) in [5.74, 6) is -0.402. The number of rotatable bonds is 5. The molecule has 0 radical (unpaired) electrons. The number of pyridine rings is 1. The third-order valence-electron chi connectivity index (χ3n) is 5.51. The third kappa shape index (κ3) is 4.85. The molecule has 0 bridgehead atoms. The van der Waals surface area contributed by atoms with E-state index in [1.165, 1.54) is 18.3 Å². The molecule has 8 heteroatoms. The molecule has 0 aliphatic carbocycles. The topological polar surface area (TPSA) is 71.2 Å². The van der Waals surface area contributed by atoms with Crippen molar-refractivity contribution in [1.29, 1.82) is 0 Å². The number of carbonyl (C=O) groups is 1. The molecule has 3 aromatic rings. The van der Waals surface area contributed by atoms with Crippen LogP contribution >= 0.6 is 0 Å². The van der Waals surface area contributed by atoms with Crippen LogP contribution in [0.15, 0.2) is 60.8 Å². The average Bonchev–Trinajstić information content (AvgIpc) is 3.32. The Kier molecular flexibility index (Phi) is 6.03. The first-order valence-corrected chi connectivity index (χ1v) is 10.4. The van der Waals surface area contributed by atoms with E-state index >= 15 is 0 Å². The highest BCUT2D eigenvalue weighted by Crippen LogP contribution is 2.31. The molecule has 1 saturated heterocycles. The molecule has 1 aliphatic heterocycles. The standard InChI is InChI=1S/C24H23F3N4O/c25-24(26,27)18-5-3-4-16(12-18)15-30-23(32)17-8-9-29-22(13-17)20-14-19(6-7-21(20)28)31-10-1-2-11-31/h3-9,12-14H,1-2,10-11,15,28H2,(H,30,32). The third-order valence-corrected chi connectivity index (χ3v) is 5.51. The quantitative estimate of drug-likeness (QED) is 0.555. The number of amides is 1. The molecule has 5 nitrogen and oxygen atoms in total. The molecule has 0 saturated carbocycles. The maximum absolute atomic E-state index is 12.9. The van der Waals surface area contributed by atoms with Crippen molar-refractivity contribution in [2.45, 2.75) is 25.6 Å². The van der Waals surface area contributed by atoms with Gasteiger partial charge in [-0.1, -0.05) is 12.1 Å². The number of nitrogens with zero attached hydrogens (tertiary/aromatic N) is 2. The van der Waals surface area contributed by atoms with E-state index in [1.54, 1.807) is 12.1 Å². The fourth-order valence-corrected chi connectivity index (χ4v) is 3.80. The van der Waals surface area contributed by atoms with Gasteiger partial charge in [-0.3, -0.25) is 9.78 Å². The highest BCUT2D eigenvalue weighted by Gasteiger charge is 2.30. The van der Waals surface area contributed by atoms with E-state index in [9.17, 15) is 18.0 Å².